The van der Waals surface area contributed by atoms with Crippen molar-refractivity contribution in [1.82, 2.24) is 14.3 Å². The number of pyridine rings is 1. The molecule has 1 aromatic carbocycles. The molecule has 0 spiro atoms. The lowest BCUT2D eigenvalue weighted by molar-refractivity contribution is 0.296. The van der Waals surface area contributed by atoms with Gasteiger partial charge in [0.05, 0.1) is 17.3 Å². The summed E-state index contributed by atoms with van der Waals surface area (Å²) in [5.74, 6) is 0. The van der Waals surface area contributed by atoms with E-state index in [1.54, 1.807) is 24.4 Å². The second-order valence-electron chi connectivity index (χ2n) is 6.13. The van der Waals surface area contributed by atoms with Crippen molar-refractivity contribution in [2.45, 2.75) is 26.9 Å². The first kappa shape index (κ1) is 18.4. The summed E-state index contributed by atoms with van der Waals surface area (Å²) in [5, 5.41) is 3.93. The Bertz CT molecular complexity index is 950. The number of halogens is 1. The van der Waals surface area contributed by atoms with Crippen molar-refractivity contribution in [2.75, 3.05) is 18.4 Å². The number of rotatable bonds is 7. The third-order valence-electron chi connectivity index (χ3n) is 4.44. The molecule has 0 saturated heterocycles. The molecule has 136 valence electrons. The molecule has 0 fully saturated rings. The van der Waals surface area contributed by atoms with Crippen molar-refractivity contribution >= 4 is 22.9 Å². The maximum atomic E-state index is 12.3. The van der Waals surface area contributed by atoms with Crippen molar-refractivity contribution in [2.24, 2.45) is 0 Å². The Morgan fingerprint density at radius 1 is 1.15 bits per heavy atom. The quantitative estimate of drug-likeness (QED) is 0.687. The number of nitrogens with one attached hydrogen (secondary N) is 1. The monoisotopic (exact) mass is 370 g/mol. The molecule has 0 radical (unpaired) electrons. The van der Waals surface area contributed by atoms with Gasteiger partial charge in [-0.2, -0.15) is 0 Å². The molecule has 2 aromatic heterocycles. The summed E-state index contributed by atoms with van der Waals surface area (Å²) >= 11 is 5.95. The Kier molecular flexibility index (Phi) is 5.91. The van der Waals surface area contributed by atoms with Gasteiger partial charge in [-0.15, -0.1) is 0 Å². The fourth-order valence-corrected chi connectivity index (χ4v) is 3.08. The summed E-state index contributed by atoms with van der Waals surface area (Å²) in [7, 11) is 0. The lowest BCUT2D eigenvalue weighted by atomic mass is 10.1. The van der Waals surface area contributed by atoms with Gasteiger partial charge in [-0.25, -0.2) is 4.98 Å². The van der Waals surface area contributed by atoms with E-state index in [4.69, 9.17) is 11.6 Å². The van der Waals surface area contributed by atoms with E-state index in [0.29, 0.717) is 22.9 Å². The van der Waals surface area contributed by atoms with Gasteiger partial charge in [0.1, 0.15) is 5.65 Å². The maximum Gasteiger partial charge on any atom is 0.258 e. The lowest BCUT2D eigenvalue weighted by Crippen LogP contribution is -2.23. The lowest BCUT2D eigenvalue weighted by Gasteiger charge is -2.20. The average molecular weight is 371 g/mol. The van der Waals surface area contributed by atoms with E-state index >= 15 is 0 Å². The highest BCUT2D eigenvalue weighted by molar-refractivity contribution is 6.30. The number of para-hydroxylation sites is 1. The zero-order valence-corrected chi connectivity index (χ0v) is 15.8. The second-order valence-corrected chi connectivity index (χ2v) is 6.57. The maximum absolute atomic E-state index is 12.3. The molecule has 0 unspecified atom stereocenters. The summed E-state index contributed by atoms with van der Waals surface area (Å²) in [6.45, 7) is 7.73. The Hall–Kier alpha value is -2.37. The standard InChI is InChI=1S/C20H23ClN4O/c1-3-24(4-2)13-15-7-5-6-8-18(15)22-12-17-11-20(26)25-14-16(21)9-10-19(25)23-17/h5-11,14,22H,3-4,12-13H2,1-2H3. The summed E-state index contributed by atoms with van der Waals surface area (Å²) in [6.07, 6.45) is 1.59. The molecule has 0 aliphatic carbocycles. The van der Waals surface area contributed by atoms with Crippen LogP contribution in [0.4, 0.5) is 5.69 Å². The van der Waals surface area contributed by atoms with E-state index < -0.39 is 0 Å². The number of fused-ring (bicyclic) bond motifs is 1. The molecule has 5 nitrogen and oxygen atoms in total. The molecule has 0 atom stereocenters. The third kappa shape index (κ3) is 4.23. The van der Waals surface area contributed by atoms with E-state index in [0.717, 1.165) is 25.3 Å². The molecule has 3 aromatic rings. The number of hydrogen-bond acceptors (Lipinski definition) is 4. The van der Waals surface area contributed by atoms with Gasteiger partial charge in [-0.1, -0.05) is 43.6 Å². The highest BCUT2D eigenvalue weighted by Gasteiger charge is 2.07. The molecular weight excluding hydrogens is 348 g/mol. The number of aromatic nitrogens is 2. The summed E-state index contributed by atoms with van der Waals surface area (Å²) in [4.78, 5) is 19.2. The van der Waals surface area contributed by atoms with Crippen LogP contribution in [0.25, 0.3) is 5.65 Å². The van der Waals surface area contributed by atoms with Gasteiger partial charge in [0.25, 0.3) is 5.56 Å². The Morgan fingerprint density at radius 3 is 2.69 bits per heavy atom. The minimum absolute atomic E-state index is 0.134. The second kappa shape index (κ2) is 8.34. The fourth-order valence-electron chi connectivity index (χ4n) is 2.92. The van der Waals surface area contributed by atoms with Crippen LogP contribution in [-0.4, -0.2) is 27.4 Å². The zero-order valence-electron chi connectivity index (χ0n) is 15.1. The van der Waals surface area contributed by atoms with E-state index in [1.807, 2.05) is 6.07 Å². The Morgan fingerprint density at radius 2 is 1.92 bits per heavy atom. The third-order valence-corrected chi connectivity index (χ3v) is 4.67. The Labute approximate surface area is 158 Å². The predicted octanol–water partition coefficient (Wildman–Crippen LogP) is 3.80. The van der Waals surface area contributed by atoms with Crippen molar-refractivity contribution in [1.29, 1.82) is 0 Å². The van der Waals surface area contributed by atoms with Crippen molar-refractivity contribution in [3.63, 3.8) is 0 Å². The normalized spacial score (nSPS) is 11.2. The van der Waals surface area contributed by atoms with Crippen molar-refractivity contribution in [3.05, 3.63) is 75.3 Å². The molecule has 1 N–H and O–H groups in total. The molecular formula is C20H23ClN4O. The summed E-state index contributed by atoms with van der Waals surface area (Å²) < 4.78 is 1.46. The van der Waals surface area contributed by atoms with Gasteiger partial charge in [0, 0.05) is 24.5 Å². The highest BCUT2D eigenvalue weighted by Crippen LogP contribution is 2.18. The first-order chi connectivity index (χ1) is 12.6. The van der Waals surface area contributed by atoms with Gasteiger partial charge in [-0.05, 0) is 36.9 Å². The number of nitrogens with zero attached hydrogens (tertiary/aromatic N) is 3. The van der Waals surface area contributed by atoms with Crippen LogP contribution in [0, 0.1) is 0 Å². The van der Waals surface area contributed by atoms with Crippen LogP contribution in [-0.2, 0) is 13.1 Å². The van der Waals surface area contributed by atoms with E-state index in [2.05, 4.69) is 47.2 Å². The van der Waals surface area contributed by atoms with E-state index in [9.17, 15) is 4.79 Å². The molecule has 0 bridgehead atoms. The fraction of sp³-hybridized carbons (Fsp3) is 0.300. The largest absolute Gasteiger partial charge is 0.379 e. The van der Waals surface area contributed by atoms with Crippen LogP contribution >= 0.6 is 11.6 Å². The topological polar surface area (TPSA) is 49.6 Å². The molecule has 6 heteroatoms. The van der Waals surface area contributed by atoms with Crippen LogP contribution in [0.5, 0.6) is 0 Å². The molecule has 2 heterocycles. The molecule has 0 saturated carbocycles. The van der Waals surface area contributed by atoms with Gasteiger partial charge >= 0.3 is 0 Å². The van der Waals surface area contributed by atoms with Crippen LogP contribution in [0.2, 0.25) is 5.02 Å². The predicted molar refractivity (Wildman–Crippen MR) is 107 cm³/mol. The number of anilines is 1. The Balaban J connectivity index is 1.80. The molecule has 26 heavy (non-hydrogen) atoms. The van der Waals surface area contributed by atoms with Crippen molar-refractivity contribution < 1.29 is 0 Å². The van der Waals surface area contributed by atoms with Crippen LogP contribution in [0.1, 0.15) is 25.1 Å². The van der Waals surface area contributed by atoms with Gasteiger partial charge in [0.2, 0.25) is 0 Å². The first-order valence-corrected chi connectivity index (χ1v) is 9.20. The minimum atomic E-state index is -0.134. The van der Waals surface area contributed by atoms with Gasteiger partial charge < -0.3 is 5.32 Å². The molecule has 0 aliphatic rings. The van der Waals surface area contributed by atoms with E-state index in [1.165, 1.54) is 9.96 Å². The molecule has 3 rings (SSSR count). The van der Waals surface area contributed by atoms with Crippen LogP contribution in [0.15, 0.2) is 53.5 Å². The van der Waals surface area contributed by atoms with Gasteiger partial charge in [-0.3, -0.25) is 14.1 Å². The van der Waals surface area contributed by atoms with Crippen molar-refractivity contribution in [3.8, 4) is 0 Å². The minimum Gasteiger partial charge on any atom is -0.379 e. The van der Waals surface area contributed by atoms with E-state index in [-0.39, 0.29) is 5.56 Å². The smallest absolute Gasteiger partial charge is 0.258 e. The number of hydrogen-bond donors (Lipinski definition) is 1. The zero-order chi connectivity index (χ0) is 18.5. The van der Waals surface area contributed by atoms with Crippen LogP contribution in [0.3, 0.4) is 0 Å². The van der Waals surface area contributed by atoms with Gasteiger partial charge in [0.15, 0.2) is 0 Å². The highest BCUT2D eigenvalue weighted by atomic mass is 35.5. The number of benzene rings is 1. The SMILES string of the molecule is CCN(CC)Cc1ccccc1NCc1cc(=O)n2cc(Cl)ccc2n1. The first-order valence-electron chi connectivity index (χ1n) is 8.82. The summed E-state index contributed by atoms with van der Waals surface area (Å²) in [6, 6.07) is 13.3. The summed E-state index contributed by atoms with van der Waals surface area (Å²) in [5.41, 5.74) is 3.47. The van der Waals surface area contributed by atoms with Crippen LogP contribution < -0.4 is 10.9 Å². The molecule has 0 amide bonds. The average Bonchev–Trinajstić information content (AvgIpc) is 2.65. The molecule has 0 aliphatic heterocycles.